The molecule has 11 heteroatoms. The lowest BCUT2D eigenvalue weighted by molar-refractivity contribution is -0.134. The number of amides is 3. The van der Waals surface area contributed by atoms with Crippen LogP contribution in [0.2, 0.25) is 0 Å². The molecule has 1 spiro atoms. The second kappa shape index (κ2) is 11.2. The number of carbonyl (C=O) groups excluding carboxylic acids is 3. The van der Waals surface area contributed by atoms with Crippen LogP contribution in [-0.2, 0) is 14.4 Å². The maximum absolute atomic E-state index is 13.4. The third-order valence-corrected chi connectivity index (χ3v) is 10.2. The van der Waals surface area contributed by atoms with Crippen molar-refractivity contribution < 1.29 is 14.4 Å². The van der Waals surface area contributed by atoms with E-state index in [2.05, 4.69) is 39.5 Å². The predicted molar refractivity (Wildman–Crippen MR) is 155 cm³/mol. The third-order valence-electron chi connectivity index (χ3n) is 8.34. The number of rotatable bonds is 8. The lowest BCUT2D eigenvalue weighted by atomic mass is 10.2. The minimum atomic E-state index is -0.858. The third kappa shape index (κ3) is 4.94. The van der Waals surface area contributed by atoms with E-state index in [0.717, 1.165) is 43.1 Å². The van der Waals surface area contributed by atoms with Gasteiger partial charge in [-0.15, -0.1) is 18.2 Å². The smallest absolute Gasteiger partial charge is 0.240 e. The van der Waals surface area contributed by atoms with Crippen LogP contribution in [0.1, 0.15) is 6.92 Å². The summed E-state index contributed by atoms with van der Waals surface area (Å²) in [6.45, 7) is 6.45. The number of likely N-dealkylation sites (N-methyl/N-ethyl adjacent to an activating group) is 2. The number of nitriles is 1. The molecular formula is C29H35N7O3S. The highest BCUT2D eigenvalue weighted by Crippen LogP contribution is 2.71. The van der Waals surface area contributed by atoms with Gasteiger partial charge in [-0.05, 0) is 37.7 Å². The molecule has 5 rings (SSSR count). The molecule has 0 aromatic heterocycles. The van der Waals surface area contributed by atoms with Gasteiger partial charge in [0.15, 0.2) is 0 Å². The number of hydrogen-bond acceptors (Lipinski definition) is 8. The van der Waals surface area contributed by atoms with E-state index in [1.54, 1.807) is 28.6 Å². The van der Waals surface area contributed by atoms with Crippen molar-refractivity contribution in [3.63, 3.8) is 0 Å². The molecule has 2 saturated carbocycles. The standard InChI is InChI=1S/C29H35N7O3S/c1-5-10-31-27(38)25-22(16-30)29(25)36(6-2)28(39)24-21(26(24)40-29)17-32-19-8-7-9-20(15-19)34(4)23(37)18-35-13-11-33(3)12-14-35/h1,7-9,15,17,22,24-26,32H,6,10-14,18H2,2-4H3,(H,31,38)/b21-17+. The lowest BCUT2D eigenvalue weighted by Crippen LogP contribution is -2.48. The van der Waals surface area contributed by atoms with Gasteiger partial charge in [0.1, 0.15) is 4.87 Å². The summed E-state index contributed by atoms with van der Waals surface area (Å²) in [6.07, 6.45) is 7.14. The number of nitrogens with zero attached hydrogens (tertiary/aromatic N) is 5. The Kier molecular flexibility index (Phi) is 7.83. The molecule has 2 aliphatic carbocycles. The van der Waals surface area contributed by atoms with Crippen LogP contribution in [0, 0.1) is 41.4 Å². The van der Waals surface area contributed by atoms with Gasteiger partial charge in [0, 0.05) is 62.6 Å². The number of nitrogens with one attached hydrogen (secondary N) is 2. The van der Waals surface area contributed by atoms with Crippen LogP contribution in [0.15, 0.2) is 36.0 Å². The second-order valence-electron chi connectivity index (χ2n) is 10.7. The topological polar surface area (TPSA) is 112 Å². The van der Waals surface area contributed by atoms with E-state index in [0.29, 0.717) is 13.1 Å². The summed E-state index contributed by atoms with van der Waals surface area (Å²) in [5.74, 6) is 0.644. The quantitative estimate of drug-likeness (QED) is 0.453. The number of piperazine rings is 1. The molecule has 2 aliphatic heterocycles. The first kappa shape index (κ1) is 28.0. The average Bonchev–Trinajstić information content (AvgIpc) is 3.84. The number of hydrogen-bond donors (Lipinski definition) is 2. The molecular weight excluding hydrogens is 526 g/mol. The van der Waals surface area contributed by atoms with Crippen molar-refractivity contribution in [2.24, 2.45) is 17.8 Å². The monoisotopic (exact) mass is 561 g/mol. The van der Waals surface area contributed by atoms with E-state index in [-0.39, 0.29) is 35.4 Å². The Morgan fingerprint density at radius 3 is 2.73 bits per heavy atom. The average molecular weight is 562 g/mol. The first-order valence-electron chi connectivity index (χ1n) is 13.6. The maximum atomic E-state index is 13.4. The van der Waals surface area contributed by atoms with Gasteiger partial charge in [0.25, 0.3) is 0 Å². The Hall–Kier alpha value is -3.51. The maximum Gasteiger partial charge on any atom is 0.240 e. The van der Waals surface area contributed by atoms with E-state index in [1.165, 1.54) is 0 Å². The highest BCUT2D eigenvalue weighted by Gasteiger charge is 2.79. The van der Waals surface area contributed by atoms with Crippen LogP contribution in [0.25, 0.3) is 0 Å². The van der Waals surface area contributed by atoms with Gasteiger partial charge in [-0.3, -0.25) is 19.3 Å². The number of fused-ring (bicyclic) bond motifs is 1. The molecule has 2 N–H and O–H groups in total. The Morgan fingerprint density at radius 1 is 1.30 bits per heavy atom. The summed E-state index contributed by atoms with van der Waals surface area (Å²) in [6, 6.07) is 9.88. The minimum Gasteiger partial charge on any atom is -0.362 e. The van der Waals surface area contributed by atoms with Gasteiger partial charge in [-0.1, -0.05) is 12.0 Å². The highest BCUT2D eigenvalue weighted by molar-refractivity contribution is 8.02. The molecule has 0 bridgehead atoms. The van der Waals surface area contributed by atoms with Crippen LogP contribution in [0.4, 0.5) is 11.4 Å². The molecule has 3 amide bonds. The van der Waals surface area contributed by atoms with Crippen LogP contribution in [0.5, 0.6) is 0 Å². The van der Waals surface area contributed by atoms with E-state index < -0.39 is 16.7 Å². The molecule has 4 fully saturated rings. The van der Waals surface area contributed by atoms with Crippen LogP contribution >= 0.6 is 11.8 Å². The van der Waals surface area contributed by atoms with Gasteiger partial charge in [0.2, 0.25) is 17.7 Å². The lowest BCUT2D eigenvalue weighted by Gasteiger charge is -2.35. The first-order valence-corrected chi connectivity index (χ1v) is 14.5. The fraction of sp³-hybridized carbons (Fsp3) is 0.517. The van der Waals surface area contributed by atoms with Crippen molar-refractivity contribution in [3.05, 3.63) is 36.0 Å². The molecule has 5 unspecified atom stereocenters. The van der Waals surface area contributed by atoms with Gasteiger partial charge < -0.3 is 25.3 Å². The fourth-order valence-electron chi connectivity index (χ4n) is 5.85. The van der Waals surface area contributed by atoms with Gasteiger partial charge >= 0.3 is 0 Å². The predicted octanol–water partition coefficient (Wildman–Crippen LogP) is 1.00. The largest absolute Gasteiger partial charge is 0.362 e. The van der Waals surface area contributed by atoms with E-state index in [1.807, 2.05) is 37.4 Å². The highest BCUT2D eigenvalue weighted by atomic mass is 32.2. The summed E-state index contributed by atoms with van der Waals surface area (Å²) >= 11 is 1.54. The summed E-state index contributed by atoms with van der Waals surface area (Å²) in [5, 5.41) is 15.7. The number of terminal acetylenes is 1. The van der Waals surface area contributed by atoms with Crippen molar-refractivity contribution in [2.45, 2.75) is 17.0 Å². The summed E-state index contributed by atoms with van der Waals surface area (Å²) in [4.78, 5) is 46.1. The van der Waals surface area contributed by atoms with Crippen molar-refractivity contribution in [2.75, 3.05) is 70.1 Å². The molecule has 1 aromatic rings. The zero-order valence-corrected chi connectivity index (χ0v) is 23.9. The van der Waals surface area contributed by atoms with Gasteiger partial charge in [0.05, 0.1) is 36.9 Å². The van der Waals surface area contributed by atoms with Crippen molar-refractivity contribution in [3.8, 4) is 18.4 Å². The Labute approximate surface area is 239 Å². The molecule has 40 heavy (non-hydrogen) atoms. The number of benzene rings is 1. The van der Waals surface area contributed by atoms with Crippen molar-refractivity contribution in [1.82, 2.24) is 20.0 Å². The zero-order valence-electron chi connectivity index (χ0n) is 23.1. The fourth-order valence-corrected chi connectivity index (χ4v) is 7.95. The molecule has 5 atom stereocenters. The minimum absolute atomic E-state index is 0.0394. The molecule has 10 nitrogen and oxygen atoms in total. The summed E-state index contributed by atoms with van der Waals surface area (Å²) in [5.41, 5.74) is 2.54. The molecule has 1 aromatic carbocycles. The number of carbonyl (C=O) groups is 3. The molecule has 0 radical (unpaired) electrons. The molecule has 210 valence electrons. The number of thioether (sulfide) groups is 1. The molecule has 2 saturated heterocycles. The molecule has 2 heterocycles. The van der Waals surface area contributed by atoms with Gasteiger partial charge in [-0.2, -0.15) is 5.26 Å². The van der Waals surface area contributed by atoms with E-state index in [4.69, 9.17) is 6.42 Å². The summed E-state index contributed by atoms with van der Waals surface area (Å²) in [7, 11) is 3.88. The van der Waals surface area contributed by atoms with Crippen LogP contribution < -0.4 is 15.5 Å². The van der Waals surface area contributed by atoms with Crippen LogP contribution in [0.3, 0.4) is 0 Å². The van der Waals surface area contributed by atoms with E-state index in [9.17, 15) is 19.6 Å². The van der Waals surface area contributed by atoms with Gasteiger partial charge in [-0.25, -0.2) is 0 Å². The Bertz CT molecular complexity index is 1310. The zero-order chi connectivity index (χ0) is 28.6. The van der Waals surface area contributed by atoms with Crippen molar-refractivity contribution in [1.29, 1.82) is 5.26 Å². The van der Waals surface area contributed by atoms with Crippen LogP contribution in [-0.4, -0.2) is 102 Å². The van der Waals surface area contributed by atoms with E-state index >= 15 is 0 Å². The van der Waals surface area contributed by atoms with Crippen molar-refractivity contribution >= 4 is 40.9 Å². The second-order valence-corrected chi connectivity index (χ2v) is 12.1. The molecule has 4 aliphatic rings. The number of anilines is 2. The Morgan fingerprint density at radius 2 is 2.05 bits per heavy atom. The Balaban J connectivity index is 1.25. The SMILES string of the molecule is C#CCNC(=O)C1C(C#N)C12SC1/C(=C/Nc3cccc(N(C)C(=O)CN4CCN(C)CC4)c3)C1C(=O)N2CC. The summed E-state index contributed by atoms with van der Waals surface area (Å²) < 4.78 is 0. The normalized spacial score (nSPS) is 30.3. The first-order chi connectivity index (χ1) is 19.3.